The molecule has 0 amide bonds. The molecular formula is C38H37N5. The molecule has 0 bridgehead atoms. The quantitative estimate of drug-likeness (QED) is 0.201. The van der Waals surface area contributed by atoms with Gasteiger partial charge in [0.25, 0.3) is 0 Å². The van der Waals surface area contributed by atoms with E-state index in [2.05, 4.69) is 149 Å². The molecule has 0 aliphatic carbocycles. The monoisotopic (exact) mass is 563 g/mol. The van der Waals surface area contributed by atoms with Crippen molar-refractivity contribution >= 4 is 11.5 Å². The number of piperazine rings is 1. The normalized spacial score (nSPS) is 14.1. The van der Waals surface area contributed by atoms with Crippen LogP contribution < -0.4 is 4.90 Å². The summed E-state index contributed by atoms with van der Waals surface area (Å²) in [6.07, 6.45) is 0.821. The Morgan fingerprint density at radius 3 is 1.74 bits per heavy atom. The van der Waals surface area contributed by atoms with E-state index >= 15 is 0 Å². The smallest absolute Gasteiger partial charge is 0.165 e. The van der Waals surface area contributed by atoms with Crippen LogP contribution in [0.2, 0.25) is 0 Å². The summed E-state index contributed by atoms with van der Waals surface area (Å²) >= 11 is 0. The molecule has 0 spiro atoms. The molecule has 0 N–H and O–H groups in total. The SMILES string of the molecule is Cc1nc2c(-c3ccccc3)c(C)nn2c(N2CCN(C(c3ccccc3)c3ccccc3)CC2)c1Cc1ccccc1. The molecule has 0 saturated carbocycles. The summed E-state index contributed by atoms with van der Waals surface area (Å²) in [6.45, 7) is 8.00. The van der Waals surface area contributed by atoms with Crippen molar-refractivity contribution in [2.45, 2.75) is 26.3 Å². The van der Waals surface area contributed by atoms with Crippen molar-refractivity contribution < 1.29 is 0 Å². The highest BCUT2D eigenvalue weighted by Crippen LogP contribution is 2.35. The molecule has 5 heteroatoms. The molecule has 5 nitrogen and oxygen atoms in total. The Balaban J connectivity index is 1.29. The van der Waals surface area contributed by atoms with E-state index in [0.717, 1.165) is 60.8 Å². The Morgan fingerprint density at radius 2 is 1.16 bits per heavy atom. The molecule has 0 radical (unpaired) electrons. The fraction of sp³-hybridized carbons (Fsp3) is 0.211. The topological polar surface area (TPSA) is 36.7 Å². The molecule has 1 fully saturated rings. The minimum Gasteiger partial charge on any atom is -0.354 e. The minimum absolute atomic E-state index is 0.226. The molecule has 1 saturated heterocycles. The maximum Gasteiger partial charge on any atom is 0.165 e. The molecule has 3 heterocycles. The van der Waals surface area contributed by atoms with Crippen molar-refractivity contribution in [3.05, 3.63) is 155 Å². The summed E-state index contributed by atoms with van der Waals surface area (Å²) in [5, 5.41) is 5.16. The van der Waals surface area contributed by atoms with Gasteiger partial charge in [0.05, 0.1) is 11.7 Å². The van der Waals surface area contributed by atoms with E-state index in [0.29, 0.717) is 0 Å². The first kappa shape index (κ1) is 27.1. The van der Waals surface area contributed by atoms with Crippen LogP contribution in [0.15, 0.2) is 121 Å². The van der Waals surface area contributed by atoms with Crippen LogP contribution >= 0.6 is 0 Å². The van der Waals surface area contributed by atoms with Crippen molar-refractivity contribution in [3.8, 4) is 11.1 Å². The predicted molar refractivity (Wildman–Crippen MR) is 176 cm³/mol. The first-order chi connectivity index (χ1) is 21.2. The van der Waals surface area contributed by atoms with Gasteiger partial charge in [-0.3, -0.25) is 4.90 Å². The minimum atomic E-state index is 0.226. The van der Waals surface area contributed by atoms with Crippen LogP contribution in [0.25, 0.3) is 16.8 Å². The number of hydrogen-bond donors (Lipinski definition) is 0. The van der Waals surface area contributed by atoms with E-state index in [1.54, 1.807) is 0 Å². The van der Waals surface area contributed by atoms with E-state index in [4.69, 9.17) is 10.1 Å². The van der Waals surface area contributed by atoms with Crippen molar-refractivity contribution in [2.75, 3.05) is 31.1 Å². The van der Waals surface area contributed by atoms with Crippen molar-refractivity contribution in [2.24, 2.45) is 0 Å². The fourth-order valence-electron chi connectivity index (χ4n) is 6.63. The van der Waals surface area contributed by atoms with E-state index in [9.17, 15) is 0 Å². The lowest BCUT2D eigenvalue weighted by Crippen LogP contribution is -2.48. The number of anilines is 1. The molecule has 6 aromatic rings. The van der Waals surface area contributed by atoms with Crippen LogP contribution in [0.4, 0.5) is 5.82 Å². The van der Waals surface area contributed by atoms with Gasteiger partial charge in [-0.1, -0.05) is 121 Å². The molecular weight excluding hydrogens is 526 g/mol. The van der Waals surface area contributed by atoms with Gasteiger partial charge in [0.1, 0.15) is 5.82 Å². The van der Waals surface area contributed by atoms with E-state index in [-0.39, 0.29) is 6.04 Å². The lowest BCUT2D eigenvalue weighted by atomic mass is 9.96. The first-order valence-corrected chi connectivity index (χ1v) is 15.2. The molecule has 1 aliphatic rings. The Labute approximate surface area is 254 Å². The summed E-state index contributed by atoms with van der Waals surface area (Å²) in [6, 6.07) is 43.4. The van der Waals surface area contributed by atoms with Crippen LogP contribution in [-0.4, -0.2) is 45.7 Å². The predicted octanol–water partition coefficient (Wildman–Crippen LogP) is 7.52. The van der Waals surface area contributed by atoms with Crippen molar-refractivity contribution in [1.82, 2.24) is 19.5 Å². The molecule has 7 rings (SSSR count). The van der Waals surface area contributed by atoms with Gasteiger partial charge in [-0.25, -0.2) is 4.98 Å². The number of fused-ring (bicyclic) bond motifs is 1. The second kappa shape index (κ2) is 11.9. The van der Waals surface area contributed by atoms with Gasteiger partial charge in [-0.15, -0.1) is 0 Å². The third kappa shape index (κ3) is 5.33. The van der Waals surface area contributed by atoms with Crippen LogP contribution in [0.3, 0.4) is 0 Å². The summed E-state index contributed by atoms with van der Waals surface area (Å²) in [4.78, 5) is 10.4. The third-order valence-corrected chi connectivity index (χ3v) is 8.71. The van der Waals surface area contributed by atoms with Gasteiger partial charge in [-0.2, -0.15) is 9.61 Å². The average molecular weight is 564 g/mol. The molecule has 214 valence electrons. The average Bonchev–Trinajstić information content (AvgIpc) is 3.38. The zero-order chi connectivity index (χ0) is 29.2. The largest absolute Gasteiger partial charge is 0.354 e. The summed E-state index contributed by atoms with van der Waals surface area (Å²) in [7, 11) is 0. The van der Waals surface area contributed by atoms with Crippen LogP contribution in [-0.2, 0) is 6.42 Å². The lowest BCUT2D eigenvalue weighted by Gasteiger charge is -2.41. The number of aromatic nitrogens is 3. The van der Waals surface area contributed by atoms with Crippen LogP contribution in [0.1, 0.15) is 39.7 Å². The highest BCUT2D eigenvalue weighted by Gasteiger charge is 2.30. The number of hydrogen-bond acceptors (Lipinski definition) is 4. The highest BCUT2D eigenvalue weighted by atomic mass is 15.4. The Hall–Kier alpha value is -4.74. The second-order valence-electron chi connectivity index (χ2n) is 11.5. The van der Waals surface area contributed by atoms with Gasteiger partial charge < -0.3 is 4.90 Å². The van der Waals surface area contributed by atoms with Gasteiger partial charge in [-0.05, 0) is 36.1 Å². The maximum atomic E-state index is 5.21. The highest BCUT2D eigenvalue weighted by molar-refractivity contribution is 5.81. The Kier molecular flexibility index (Phi) is 7.48. The summed E-state index contributed by atoms with van der Waals surface area (Å²) < 4.78 is 2.13. The zero-order valence-corrected chi connectivity index (χ0v) is 24.9. The second-order valence-corrected chi connectivity index (χ2v) is 11.5. The molecule has 1 aliphatic heterocycles. The van der Waals surface area contributed by atoms with Gasteiger partial charge in [0.15, 0.2) is 5.65 Å². The van der Waals surface area contributed by atoms with Crippen molar-refractivity contribution in [3.63, 3.8) is 0 Å². The van der Waals surface area contributed by atoms with E-state index < -0.39 is 0 Å². The number of benzene rings is 4. The summed E-state index contributed by atoms with van der Waals surface area (Å²) in [5.41, 5.74) is 10.5. The number of aryl methyl sites for hydroxylation is 2. The zero-order valence-electron chi connectivity index (χ0n) is 24.9. The van der Waals surface area contributed by atoms with Crippen LogP contribution in [0, 0.1) is 13.8 Å². The Morgan fingerprint density at radius 1 is 0.628 bits per heavy atom. The maximum absolute atomic E-state index is 5.21. The van der Waals surface area contributed by atoms with Crippen LogP contribution in [0.5, 0.6) is 0 Å². The van der Waals surface area contributed by atoms with Gasteiger partial charge >= 0.3 is 0 Å². The standard InChI is InChI=1S/C38H37N5/c1-28-34(27-30-15-7-3-8-16-30)38(43-37(39-28)35(29(2)40-43)31-17-9-4-10-18-31)42-25-23-41(24-26-42)36(32-19-11-5-12-20-32)33-21-13-6-14-22-33/h3-22,36H,23-27H2,1-2H3. The number of nitrogens with zero attached hydrogens (tertiary/aromatic N) is 5. The van der Waals surface area contributed by atoms with E-state index in [1.165, 1.54) is 28.1 Å². The molecule has 4 aromatic carbocycles. The number of rotatable bonds is 7. The van der Waals surface area contributed by atoms with Gasteiger partial charge in [0, 0.05) is 49.4 Å². The lowest BCUT2D eigenvalue weighted by molar-refractivity contribution is 0.211. The molecule has 43 heavy (non-hydrogen) atoms. The third-order valence-electron chi connectivity index (χ3n) is 8.71. The molecule has 0 atom stereocenters. The first-order valence-electron chi connectivity index (χ1n) is 15.2. The Bertz CT molecular complexity index is 1770. The summed E-state index contributed by atoms with van der Waals surface area (Å²) in [5.74, 6) is 1.17. The van der Waals surface area contributed by atoms with Crippen molar-refractivity contribution in [1.29, 1.82) is 0 Å². The molecule has 2 aromatic heterocycles. The molecule has 0 unspecified atom stereocenters. The van der Waals surface area contributed by atoms with E-state index in [1.807, 2.05) is 0 Å². The van der Waals surface area contributed by atoms with Gasteiger partial charge in [0.2, 0.25) is 0 Å². The fourth-order valence-corrected chi connectivity index (χ4v) is 6.63.